The number of nitrogens with zero attached hydrogens (tertiary/aromatic N) is 6. The van der Waals surface area contributed by atoms with Gasteiger partial charge in [0, 0.05) is 44.8 Å². The van der Waals surface area contributed by atoms with E-state index in [2.05, 4.69) is 27.1 Å². The number of likely N-dealkylation sites (tertiary alicyclic amines) is 1. The highest BCUT2D eigenvalue weighted by atomic mass is 16.5. The molecular formula is C30H31N7O3. The molecule has 0 bridgehead atoms. The largest absolute Gasteiger partial charge is 0.496 e. The fourth-order valence-electron chi connectivity index (χ4n) is 5.10. The maximum atomic E-state index is 13.4. The van der Waals surface area contributed by atoms with Crippen molar-refractivity contribution in [2.75, 3.05) is 38.0 Å². The molecule has 0 spiro atoms. The van der Waals surface area contributed by atoms with Crippen LogP contribution < -0.4 is 15.0 Å². The van der Waals surface area contributed by atoms with Crippen molar-refractivity contribution in [2.24, 2.45) is 0 Å². The number of hydrogen-bond acceptors (Lipinski definition) is 7. The van der Waals surface area contributed by atoms with E-state index in [0.29, 0.717) is 35.2 Å². The van der Waals surface area contributed by atoms with Crippen molar-refractivity contribution in [3.63, 3.8) is 0 Å². The fourth-order valence-corrected chi connectivity index (χ4v) is 5.10. The van der Waals surface area contributed by atoms with Gasteiger partial charge in [0.05, 0.1) is 18.7 Å². The second-order valence-electron chi connectivity index (χ2n) is 9.57. The van der Waals surface area contributed by atoms with E-state index in [-0.39, 0.29) is 17.9 Å². The number of imidazole rings is 1. The number of benzene rings is 1. The van der Waals surface area contributed by atoms with Gasteiger partial charge in [0.25, 0.3) is 11.8 Å². The van der Waals surface area contributed by atoms with E-state index in [1.54, 1.807) is 44.4 Å². The summed E-state index contributed by atoms with van der Waals surface area (Å²) in [6, 6.07) is 8.90. The quantitative estimate of drug-likeness (QED) is 0.369. The van der Waals surface area contributed by atoms with Crippen molar-refractivity contribution in [3.05, 3.63) is 65.9 Å². The van der Waals surface area contributed by atoms with Crippen molar-refractivity contribution in [3.8, 4) is 28.8 Å². The molecule has 40 heavy (non-hydrogen) atoms. The molecule has 204 valence electrons. The van der Waals surface area contributed by atoms with Crippen LogP contribution in [0.5, 0.6) is 5.75 Å². The minimum Gasteiger partial charge on any atom is -0.496 e. The van der Waals surface area contributed by atoms with Crippen molar-refractivity contribution in [1.82, 2.24) is 24.3 Å². The second kappa shape index (κ2) is 11.1. The zero-order chi connectivity index (χ0) is 28.4. The number of pyridine rings is 1. The highest BCUT2D eigenvalue weighted by molar-refractivity contribution is 6.07. The number of carbonyl (C=O) groups excluding carboxylic acids is 2. The van der Waals surface area contributed by atoms with Gasteiger partial charge in [-0.05, 0) is 56.4 Å². The van der Waals surface area contributed by atoms with E-state index in [4.69, 9.17) is 9.72 Å². The average Bonchev–Trinajstić information content (AvgIpc) is 3.62. The van der Waals surface area contributed by atoms with Crippen LogP contribution in [0.2, 0.25) is 0 Å². The summed E-state index contributed by atoms with van der Waals surface area (Å²) in [5, 5.41) is 3.16. The first-order valence-corrected chi connectivity index (χ1v) is 13.0. The summed E-state index contributed by atoms with van der Waals surface area (Å²) >= 11 is 0. The summed E-state index contributed by atoms with van der Waals surface area (Å²) < 4.78 is 7.66. The van der Waals surface area contributed by atoms with E-state index in [9.17, 15) is 9.59 Å². The fraction of sp³-hybridized carbons (Fsp3) is 0.300. The number of fused-ring (bicyclic) bond motifs is 1. The van der Waals surface area contributed by atoms with Gasteiger partial charge in [-0.2, -0.15) is 0 Å². The number of nitrogens with one attached hydrogen (secondary N) is 1. The number of rotatable bonds is 6. The summed E-state index contributed by atoms with van der Waals surface area (Å²) in [7, 11) is 5.03. The van der Waals surface area contributed by atoms with Crippen LogP contribution in [-0.4, -0.2) is 63.8 Å². The Balaban J connectivity index is 1.59. The first-order chi connectivity index (χ1) is 19.4. The third kappa shape index (κ3) is 4.71. The Kier molecular flexibility index (Phi) is 7.38. The lowest BCUT2D eigenvalue weighted by Gasteiger charge is -2.21. The van der Waals surface area contributed by atoms with Crippen molar-refractivity contribution < 1.29 is 14.3 Å². The smallest absolute Gasteiger partial charge is 0.299 e. The number of methoxy groups -OCH3 is 1. The van der Waals surface area contributed by atoms with Gasteiger partial charge in [0.2, 0.25) is 0 Å². The van der Waals surface area contributed by atoms with Crippen LogP contribution in [0.15, 0.2) is 48.9 Å². The van der Waals surface area contributed by atoms with Gasteiger partial charge in [0.1, 0.15) is 28.6 Å². The van der Waals surface area contributed by atoms with Gasteiger partial charge in [-0.3, -0.25) is 18.9 Å². The maximum absolute atomic E-state index is 13.4. The third-order valence-corrected chi connectivity index (χ3v) is 7.11. The number of carbonyl (C=O) groups is 2. The third-order valence-electron chi connectivity index (χ3n) is 7.11. The summed E-state index contributed by atoms with van der Waals surface area (Å²) in [6.07, 6.45) is 6.93. The molecule has 5 rings (SSSR count). The minimum atomic E-state index is -0.245. The molecule has 0 saturated carbocycles. The molecule has 10 nitrogen and oxygen atoms in total. The number of hydrogen-bond donors (Lipinski definition) is 1. The molecule has 10 heteroatoms. The Labute approximate surface area is 233 Å². The predicted octanol–water partition coefficient (Wildman–Crippen LogP) is 4.11. The van der Waals surface area contributed by atoms with Crippen LogP contribution in [0.1, 0.15) is 47.6 Å². The number of aryl methyl sites for hydroxylation is 1. The first-order valence-electron chi connectivity index (χ1n) is 13.0. The van der Waals surface area contributed by atoms with Gasteiger partial charge in [-0.25, -0.2) is 15.0 Å². The Hall–Kier alpha value is -4.91. The Bertz CT molecular complexity index is 1650. The molecule has 0 unspecified atom stereocenters. The molecule has 1 fully saturated rings. The van der Waals surface area contributed by atoms with Crippen LogP contribution >= 0.6 is 0 Å². The second-order valence-corrected chi connectivity index (χ2v) is 9.57. The molecule has 0 radical (unpaired) electrons. The summed E-state index contributed by atoms with van der Waals surface area (Å²) in [6.45, 7) is 4.23. The average molecular weight is 538 g/mol. The predicted molar refractivity (Wildman–Crippen MR) is 153 cm³/mol. The topological polar surface area (TPSA) is 105 Å². The highest BCUT2D eigenvalue weighted by Gasteiger charge is 2.34. The highest BCUT2D eigenvalue weighted by Crippen LogP contribution is 2.38. The van der Waals surface area contributed by atoms with E-state index in [1.807, 2.05) is 41.8 Å². The van der Waals surface area contributed by atoms with Crippen LogP contribution in [-0.2, 0) is 4.79 Å². The number of ether oxygens (including phenoxy) is 1. The van der Waals surface area contributed by atoms with E-state index < -0.39 is 0 Å². The standard InChI is InChI=1S/C30H31N7O3/c1-6-8-25(38)36-15-7-9-22(36)29-34-26(27-28(31-3)32-14-16-37(27)29)20-11-12-21(23(17-20)40-5)30(39)35(4)24-13-10-19(2)18-33-24/h10-14,16-18,22H,7,9,15H2,1-5H3,(H,31,32)/t22-/m0/s1. The molecule has 1 aromatic carbocycles. The lowest BCUT2D eigenvalue weighted by molar-refractivity contribution is -0.126. The Morgan fingerprint density at radius 1 is 1.20 bits per heavy atom. The monoisotopic (exact) mass is 537 g/mol. The molecule has 3 aromatic heterocycles. The molecule has 1 N–H and O–H groups in total. The van der Waals surface area contributed by atoms with Crippen molar-refractivity contribution in [2.45, 2.75) is 32.7 Å². The zero-order valence-corrected chi connectivity index (χ0v) is 23.2. The molecule has 1 atom stereocenters. The van der Waals surface area contributed by atoms with E-state index in [0.717, 1.165) is 35.3 Å². The molecule has 1 saturated heterocycles. The van der Waals surface area contributed by atoms with Gasteiger partial charge >= 0.3 is 0 Å². The minimum absolute atomic E-state index is 0.206. The number of aromatic nitrogens is 4. The molecule has 1 aliphatic heterocycles. The summed E-state index contributed by atoms with van der Waals surface area (Å²) in [4.78, 5) is 43.4. The number of anilines is 2. The molecular weight excluding hydrogens is 506 g/mol. The molecule has 1 aliphatic rings. The van der Waals surface area contributed by atoms with Crippen molar-refractivity contribution in [1.29, 1.82) is 0 Å². The van der Waals surface area contributed by atoms with Gasteiger partial charge in [-0.1, -0.05) is 18.1 Å². The van der Waals surface area contributed by atoms with E-state index >= 15 is 0 Å². The first kappa shape index (κ1) is 26.7. The number of amides is 2. The summed E-state index contributed by atoms with van der Waals surface area (Å²) in [5.41, 5.74) is 3.60. The summed E-state index contributed by atoms with van der Waals surface area (Å²) in [5.74, 6) is 7.26. The van der Waals surface area contributed by atoms with Gasteiger partial charge in [0.15, 0.2) is 5.82 Å². The van der Waals surface area contributed by atoms with Gasteiger partial charge in [-0.15, -0.1) is 0 Å². The lowest BCUT2D eigenvalue weighted by Crippen LogP contribution is -2.30. The van der Waals surface area contributed by atoms with E-state index in [1.165, 1.54) is 12.0 Å². The van der Waals surface area contributed by atoms with Gasteiger partial charge < -0.3 is 15.0 Å². The SMILES string of the molecule is CC#CC(=O)N1CCC[C@H]1c1nc(-c2ccc(C(=O)N(C)c3ccc(C)cn3)c(OC)c2)c2c(NC)nccn12. The van der Waals surface area contributed by atoms with Crippen LogP contribution in [0.4, 0.5) is 11.6 Å². The Morgan fingerprint density at radius 2 is 2.02 bits per heavy atom. The van der Waals surface area contributed by atoms with Crippen LogP contribution in [0.3, 0.4) is 0 Å². The Morgan fingerprint density at radius 3 is 2.73 bits per heavy atom. The molecule has 0 aliphatic carbocycles. The molecule has 4 aromatic rings. The molecule has 2 amide bonds. The van der Waals surface area contributed by atoms with Crippen LogP contribution in [0, 0.1) is 18.8 Å². The zero-order valence-electron chi connectivity index (χ0n) is 23.2. The molecule has 4 heterocycles. The van der Waals surface area contributed by atoms with Crippen molar-refractivity contribution >= 4 is 29.0 Å². The lowest BCUT2D eigenvalue weighted by atomic mass is 10.1. The maximum Gasteiger partial charge on any atom is 0.299 e. The normalized spacial score (nSPS) is 14.5. The van der Waals surface area contributed by atoms with Crippen LogP contribution in [0.25, 0.3) is 16.8 Å².